The molecule has 2 bridgehead atoms. The van der Waals surface area contributed by atoms with E-state index in [2.05, 4.69) is 29.6 Å². The zero-order valence-corrected chi connectivity index (χ0v) is 8.24. The predicted octanol–water partition coefficient (Wildman–Crippen LogP) is 1.44. The molecule has 0 spiro atoms. The molecule has 3 aliphatic rings. The van der Waals surface area contributed by atoms with Crippen LogP contribution in [-0.4, -0.2) is 12.1 Å². The van der Waals surface area contributed by atoms with Gasteiger partial charge in [0.1, 0.15) is 0 Å². The van der Waals surface area contributed by atoms with E-state index in [-0.39, 0.29) is 11.6 Å². The van der Waals surface area contributed by atoms with E-state index in [0.717, 1.165) is 5.92 Å². The molecule has 1 aromatic carbocycles. The first-order valence-electron chi connectivity index (χ1n) is 5.36. The quantitative estimate of drug-likeness (QED) is 0.737. The molecule has 14 heavy (non-hydrogen) atoms. The van der Waals surface area contributed by atoms with Crippen molar-refractivity contribution in [3.63, 3.8) is 0 Å². The van der Waals surface area contributed by atoms with E-state index >= 15 is 0 Å². The van der Waals surface area contributed by atoms with Crippen LogP contribution in [0.2, 0.25) is 0 Å². The molecule has 1 aromatic rings. The molecule has 0 aromatic heterocycles. The van der Waals surface area contributed by atoms with Gasteiger partial charge in [-0.25, -0.2) is 0 Å². The second-order valence-electron chi connectivity index (χ2n) is 4.70. The molecule has 2 aliphatic heterocycles. The third-order valence-corrected chi connectivity index (χ3v) is 3.80. The highest BCUT2D eigenvalue weighted by atomic mass is 15.1. The van der Waals surface area contributed by atoms with Crippen molar-refractivity contribution in [3.8, 4) is 0 Å². The summed E-state index contributed by atoms with van der Waals surface area (Å²) in [6.45, 7) is 1.17. The molecule has 1 saturated carbocycles. The van der Waals surface area contributed by atoms with Crippen LogP contribution < -0.4 is 11.1 Å². The van der Waals surface area contributed by atoms with Crippen molar-refractivity contribution in [2.24, 2.45) is 11.7 Å². The summed E-state index contributed by atoms with van der Waals surface area (Å²) in [5.41, 5.74) is 7.80. The largest absolute Gasteiger partial charge is 0.322 e. The van der Waals surface area contributed by atoms with E-state index in [1.165, 1.54) is 24.9 Å². The monoisotopic (exact) mass is 188 g/mol. The highest BCUT2D eigenvalue weighted by molar-refractivity contribution is 5.27. The molecule has 4 rings (SSSR count). The zero-order valence-electron chi connectivity index (χ0n) is 8.24. The molecule has 2 nitrogen and oxygen atoms in total. The first kappa shape index (κ1) is 8.45. The van der Waals surface area contributed by atoms with Crippen LogP contribution in [0.4, 0.5) is 0 Å². The minimum absolute atomic E-state index is 0.169. The Bertz CT molecular complexity index is 322. The van der Waals surface area contributed by atoms with E-state index in [0.29, 0.717) is 0 Å². The molecule has 2 saturated heterocycles. The van der Waals surface area contributed by atoms with Crippen LogP contribution in [0, 0.1) is 5.92 Å². The molecular weight excluding hydrogens is 172 g/mol. The Labute approximate surface area is 84.5 Å². The number of nitrogens with two attached hydrogens (primary N) is 1. The predicted molar refractivity (Wildman–Crippen MR) is 56.8 cm³/mol. The Morgan fingerprint density at radius 1 is 1.29 bits per heavy atom. The third-order valence-electron chi connectivity index (χ3n) is 3.80. The second kappa shape index (κ2) is 2.81. The number of nitrogens with one attached hydrogen (secondary N) is 1. The Morgan fingerprint density at radius 3 is 2.57 bits per heavy atom. The maximum absolute atomic E-state index is 6.31. The number of benzene rings is 1. The number of fused-ring (bicyclic) bond motifs is 1. The first-order chi connectivity index (χ1) is 6.80. The van der Waals surface area contributed by atoms with Crippen molar-refractivity contribution in [2.75, 3.05) is 6.54 Å². The van der Waals surface area contributed by atoms with Crippen molar-refractivity contribution in [1.29, 1.82) is 0 Å². The van der Waals surface area contributed by atoms with Gasteiger partial charge < -0.3 is 11.1 Å². The summed E-state index contributed by atoms with van der Waals surface area (Å²) in [6.07, 6.45) is 2.53. The van der Waals surface area contributed by atoms with E-state index in [9.17, 15) is 0 Å². The van der Waals surface area contributed by atoms with E-state index in [4.69, 9.17) is 5.73 Å². The molecule has 1 unspecified atom stereocenters. The summed E-state index contributed by atoms with van der Waals surface area (Å²) >= 11 is 0. The van der Waals surface area contributed by atoms with Gasteiger partial charge in [0, 0.05) is 11.6 Å². The Hall–Kier alpha value is -0.860. The fourth-order valence-electron chi connectivity index (χ4n) is 2.95. The Balaban J connectivity index is 1.86. The smallest absolute Gasteiger partial charge is 0.0480 e. The van der Waals surface area contributed by atoms with E-state index < -0.39 is 0 Å². The minimum Gasteiger partial charge on any atom is -0.322 e. The molecule has 0 amide bonds. The lowest BCUT2D eigenvalue weighted by molar-refractivity contribution is 0.185. The van der Waals surface area contributed by atoms with Crippen molar-refractivity contribution < 1.29 is 0 Å². The van der Waals surface area contributed by atoms with Crippen molar-refractivity contribution in [2.45, 2.75) is 24.4 Å². The van der Waals surface area contributed by atoms with Gasteiger partial charge in [0.25, 0.3) is 0 Å². The van der Waals surface area contributed by atoms with Gasteiger partial charge in [0.2, 0.25) is 0 Å². The van der Waals surface area contributed by atoms with Gasteiger partial charge in [-0.3, -0.25) is 0 Å². The molecule has 3 fully saturated rings. The molecule has 2 heterocycles. The zero-order chi connectivity index (χ0) is 9.60. The number of hydrogen-bond donors (Lipinski definition) is 2. The summed E-state index contributed by atoms with van der Waals surface area (Å²) in [5, 5.41) is 3.58. The van der Waals surface area contributed by atoms with Crippen molar-refractivity contribution in [3.05, 3.63) is 35.9 Å². The van der Waals surface area contributed by atoms with E-state index in [1.807, 2.05) is 6.07 Å². The standard InChI is InChI=1S/C12H16N2/c13-11(10-4-2-1-3-5-10)12-6-9(7-12)8-14-12/h1-5,9,11,14H,6-8,13H2. The van der Waals surface area contributed by atoms with Crippen LogP contribution >= 0.6 is 0 Å². The van der Waals surface area contributed by atoms with Gasteiger partial charge in [0.15, 0.2) is 0 Å². The Morgan fingerprint density at radius 2 is 2.00 bits per heavy atom. The van der Waals surface area contributed by atoms with Gasteiger partial charge in [0.05, 0.1) is 0 Å². The normalized spacial score (nSPS) is 36.5. The topological polar surface area (TPSA) is 38.0 Å². The second-order valence-corrected chi connectivity index (χ2v) is 4.70. The van der Waals surface area contributed by atoms with Gasteiger partial charge in [-0.15, -0.1) is 0 Å². The maximum atomic E-state index is 6.31. The van der Waals surface area contributed by atoms with Crippen LogP contribution in [0.1, 0.15) is 24.4 Å². The Kier molecular flexibility index (Phi) is 1.70. The lowest BCUT2D eigenvalue weighted by Gasteiger charge is -2.42. The maximum Gasteiger partial charge on any atom is 0.0480 e. The summed E-state index contributed by atoms with van der Waals surface area (Å²) in [4.78, 5) is 0. The first-order valence-corrected chi connectivity index (χ1v) is 5.36. The molecule has 1 aliphatic carbocycles. The van der Waals surface area contributed by atoms with Gasteiger partial charge in [-0.1, -0.05) is 30.3 Å². The average Bonchev–Trinajstić information content (AvgIpc) is 2.77. The molecule has 3 N–H and O–H groups in total. The highest BCUT2D eigenvalue weighted by Crippen LogP contribution is 2.49. The summed E-state index contributed by atoms with van der Waals surface area (Å²) < 4.78 is 0. The van der Waals surface area contributed by atoms with Crippen LogP contribution in [0.15, 0.2) is 30.3 Å². The van der Waals surface area contributed by atoms with Gasteiger partial charge in [-0.05, 0) is 30.9 Å². The van der Waals surface area contributed by atoms with Crippen LogP contribution in [-0.2, 0) is 0 Å². The minimum atomic E-state index is 0.169. The molecule has 1 atom stereocenters. The number of rotatable bonds is 2. The van der Waals surface area contributed by atoms with Crippen molar-refractivity contribution in [1.82, 2.24) is 5.32 Å². The van der Waals surface area contributed by atoms with Crippen LogP contribution in [0.25, 0.3) is 0 Å². The lowest BCUT2D eigenvalue weighted by atomic mass is 9.68. The SMILES string of the molecule is NC(c1ccccc1)C12CC(CN1)C2. The van der Waals surface area contributed by atoms with Gasteiger partial charge >= 0.3 is 0 Å². The highest BCUT2D eigenvalue weighted by Gasteiger charge is 2.53. The van der Waals surface area contributed by atoms with Crippen LogP contribution in [0.3, 0.4) is 0 Å². The fourth-order valence-corrected chi connectivity index (χ4v) is 2.95. The summed E-state index contributed by atoms with van der Waals surface area (Å²) in [6, 6.07) is 10.6. The molecule has 74 valence electrons. The summed E-state index contributed by atoms with van der Waals surface area (Å²) in [7, 11) is 0. The van der Waals surface area contributed by atoms with E-state index in [1.54, 1.807) is 0 Å². The molecular formula is C12H16N2. The average molecular weight is 188 g/mol. The fraction of sp³-hybridized carbons (Fsp3) is 0.500. The summed E-state index contributed by atoms with van der Waals surface area (Å²) in [5.74, 6) is 0.893. The van der Waals surface area contributed by atoms with Crippen molar-refractivity contribution >= 4 is 0 Å². The third kappa shape index (κ3) is 1.04. The van der Waals surface area contributed by atoms with Gasteiger partial charge in [-0.2, -0.15) is 0 Å². The molecule has 2 heteroatoms. The van der Waals surface area contributed by atoms with Crippen LogP contribution in [0.5, 0.6) is 0 Å². The molecule has 0 radical (unpaired) electrons. The number of hydrogen-bond acceptors (Lipinski definition) is 2. The lowest BCUT2D eigenvalue weighted by Crippen LogP contribution is -2.51.